The van der Waals surface area contributed by atoms with Crippen molar-refractivity contribution in [3.05, 3.63) is 30.0 Å². The number of pyridine rings is 1. The van der Waals surface area contributed by atoms with Crippen LogP contribution in [-0.2, 0) is 0 Å². The van der Waals surface area contributed by atoms with Gasteiger partial charge < -0.3 is 14.8 Å². The van der Waals surface area contributed by atoms with Gasteiger partial charge in [-0.15, -0.1) is 0 Å². The maximum atomic E-state index is 9.21. The fourth-order valence-electron chi connectivity index (χ4n) is 1.65. The Balaban J connectivity index is 2.70. The van der Waals surface area contributed by atoms with E-state index in [-0.39, 0.29) is 0 Å². The lowest BCUT2D eigenvalue weighted by Crippen LogP contribution is -2.31. The lowest BCUT2D eigenvalue weighted by Gasteiger charge is -2.09. The first kappa shape index (κ1) is 10.9. The Bertz CT molecular complexity index is 528. The second kappa shape index (κ2) is 4.12. The van der Waals surface area contributed by atoms with E-state index < -0.39 is 7.12 Å². The van der Waals surface area contributed by atoms with Crippen LogP contribution in [0.5, 0.6) is 5.75 Å². The molecular formula is C11H12BNO3. The molecule has 4 nitrogen and oxygen atoms in total. The Morgan fingerprint density at radius 2 is 2.00 bits per heavy atom. The summed E-state index contributed by atoms with van der Waals surface area (Å²) >= 11 is 0. The minimum atomic E-state index is -1.55. The van der Waals surface area contributed by atoms with Gasteiger partial charge in [-0.3, -0.25) is 4.98 Å². The normalized spacial score (nSPS) is 10.5. The van der Waals surface area contributed by atoms with Crippen molar-refractivity contribution in [3.63, 3.8) is 0 Å². The zero-order valence-electron chi connectivity index (χ0n) is 9.14. The van der Waals surface area contributed by atoms with Crippen LogP contribution in [0.4, 0.5) is 0 Å². The number of rotatable bonds is 2. The second-order valence-electron chi connectivity index (χ2n) is 3.61. The Kier molecular flexibility index (Phi) is 2.81. The minimum absolute atomic E-state index is 0.327. The molecule has 16 heavy (non-hydrogen) atoms. The summed E-state index contributed by atoms with van der Waals surface area (Å²) in [5.74, 6) is 0.452. The SMILES string of the molecule is COc1cc2ccc(C)nc2cc1B(O)O. The summed E-state index contributed by atoms with van der Waals surface area (Å²) in [6.45, 7) is 1.89. The smallest absolute Gasteiger partial charge is 0.492 e. The summed E-state index contributed by atoms with van der Waals surface area (Å²) in [4.78, 5) is 4.32. The first-order chi connectivity index (χ1) is 7.61. The van der Waals surface area contributed by atoms with Crippen LogP contribution in [0, 0.1) is 6.92 Å². The first-order valence-electron chi connectivity index (χ1n) is 4.93. The van der Waals surface area contributed by atoms with Crippen molar-refractivity contribution in [3.8, 4) is 5.75 Å². The summed E-state index contributed by atoms with van der Waals surface area (Å²) in [6.07, 6.45) is 0. The maximum Gasteiger partial charge on any atom is 0.492 e. The Hall–Kier alpha value is -1.59. The molecule has 2 aromatic rings. The van der Waals surface area contributed by atoms with Crippen LogP contribution in [0.15, 0.2) is 24.3 Å². The molecule has 0 amide bonds. The second-order valence-corrected chi connectivity index (χ2v) is 3.61. The van der Waals surface area contributed by atoms with Gasteiger partial charge in [-0.25, -0.2) is 0 Å². The fraction of sp³-hybridized carbons (Fsp3) is 0.182. The quantitative estimate of drug-likeness (QED) is 0.707. The maximum absolute atomic E-state index is 9.21. The Labute approximate surface area is 93.7 Å². The highest BCUT2D eigenvalue weighted by atomic mass is 16.5. The van der Waals surface area contributed by atoms with Gasteiger partial charge in [0.2, 0.25) is 0 Å². The standard InChI is InChI=1S/C11H12BNO3/c1-7-3-4-8-5-11(16-2)9(12(14)15)6-10(8)13-7/h3-6,14-15H,1-2H3. The molecule has 1 heterocycles. The average Bonchev–Trinajstić information content (AvgIpc) is 2.27. The molecule has 1 aromatic carbocycles. The van der Waals surface area contributed by atoms with E-state index in [2.05, 4.69) is 4.98 Å². The molecule has 0 spiro atoms. The Morgan fingerprint density at radius 3 is 2.62 bits per heavy atom. The van der Waals surface area contributed by atoms with Crippen LogP contribution in [0.2, 0.25) is 0 Å². The number of ether oxygens (including phenoxy) is 1. The molecule has 0 saturated carbocycles. The molecule has 1 aromatic heterocycles. The number of nitrogens with zero attached hydrogens (tertiary/aromatic N) is 1. The van der Waals surface area contributed by atoms with Gasteiger partial charge >= 0.3 is 7.12 Å². The summed E-state index contributed by atoms with van der Waals surface area (Å²) in [5, 5.41) is 19.3. The first-order valence-corrected chi connectivity index (χ1v) is 4.93. The number of aromatic nitrogens is 1. The van der Waals surface area contributed by atoms with E-state index in [1.165, 1.54) is 7.11 Å². The van der Waals surface area contributed by atoms with E-state index in [0.29, 0.717) is 11.2 Å². The number of benzene rings is 1. The van der Waals surface area contributed by atoms with Crippen molar-refractivity contribution in [1.29, 1.82) is 0 Å². The fourth-order valence-corrected chi connectivity index (χ4v) is 1.65. The summed E-state index contributed by atoms with van der Waals surface area (Å²) in [7, 11) is -0.0593. The average molecular weight is 217 g/mol. The van der Waals surface area contributed by atoms with Crippen molar-refractivity contribution in [1.82, 2.24) is 4.98 Å². The third kappa shape index (κ3) is 1.87. The van der Waals surface area contributed by atoms with E-state index in [1.807, 2.05) is 19.1 Å². The Morgan fingerprint density at radius 1 is 1.25 bits per heavy atom. The molecule has 0 saturated heterocycles. The van der Waals surface area contributed by atoms with Crippen molar-refractivity contribution in [2.45, 2.75) is 6.92 Å². The van der Waals surface area contributed by atoms with Gasteiger partial charge in [-0.2, -0.15) is 0 Å². The van der Waals surface area contributed by atoms with Crippen LogP contribution in [0.1, 0.15) is 5.69 Å². The number of aryl methyl sites for hydroxylation is 1. The van der Waals surface area contributed by atoms with E-state index >= 15 is 0 Å². The molecule has 0 atom stereocenters. The summed E-state index contributed by atoms with van der Waals surface area (Å²) in [5.41, 5.74) is 1.94. The lowest BCUT2D eigenvalue weighted by atomic mass is 9.79. The van der Waals surface area contributed by atoms with Crippen LogP contribution in [-0.4, -0.2) is 29.3 Å². The van der Waals surface area contributed by atoms with Gasteiger partial charge in [0.25, 0.3) is 0 Å². The molecule has 5 heteroatoms. The predicted octanol–water partition coefficient (Wildman–Crippen LogP) is 0.232. The molecule has 0 aliphatic heterocycles. The van der Waals surface area contributed by atoms with E-state index in [9.17, 15) is 10.0 Å². The monoisotopic (exact) mass is 217 g/mol. The molecule has 2 rings (SSSR count). The number of hydrogen-bond acceptors (Lipinski definition) is 4. The zero-order chi connectivity index (χ0) is 11.7. The predicted molar refractivity (Wildman–Crippen MR) is 62.9 cm³/mol. The van der Waals surface area contributed by atoms with Crippen molar-refractivity contribution < 1.29 is 14.8 Å². The topological polar surface area (TPSA) is 62.6 Å². The molecule has 0 radical (unpaired) electrons. The van der Waals surface area contributed by atoms with Crippen LogP contribution in [0.25, 0.3) is 10.9 Å². The lowest BCUT2D eigenvalue weighted by molar-refractivity contribution is 0.403. The van der Waals surface area contributed by atoms with Crippen molar-refractivity contribution in [2.75, 3.05) is 7.11 Å². The van der Waals surface area contributed by atoms with Gasteiger partial charge in [-0.05, 0) is 25.1 Å². The minimum Gasteiger partial charge on any atom is -0.497 e. The van der Waals surface area contributed by atoms with E-state index in [1.54, 1.807) is 12.1 Å². The van der Waals surface area contributed by atoms with Gasteiger partial charge in [0.15, 0.2) is 0 Å². The van der Waals surface area contributed by atoms with Gasteiger partial charge in [0.1, 0.15) is 5.75 Å². The van der Waals surface area contributed by atoms with E-state index in [0.717, 1.165) is 16.6 Å². The third-order valence-electron chi connectivity index (χ3n) is 2.46. The van der Waals surface area contributed by atoms with Crippen LogP contribution >= 0.6 is 0 Å². The number of hydrogen-bond donors (Lipinski definition) is 2. The molecular weight excluding hydrogens is 205 g/mol. The summed E-state index contributed by atoms with van der Waals surface area (Å²) < 4.78 is 5.10. The van der Waals surface area contributed by atoms with Crippen LogP contribution in [0.3, 0.4) is 0 Å². The zero-order valence-corrected chi connectivity index (χ0v) is 9.14. The van der Waals surface area contributed by atoms with E-state index in [4.69, 9.17) is 4.74 Å². The van der Waals surface area contributed by atoms with Gasteiger partial charge in [-0.1, -0.05) is 6.07 Å². The van der Waals surface area contributed by atoms with Crippen LogP contribution < -0.4 is 10.2 Å². The number of fused-ring (bicyclic) bond motifs is 1. The highest BCUT2D eigenvalue weighted by Crippen LogP contribution is 2.18. The van der Waals surface area contributed by atoms with Crippen molar-refractivity contribution >= 4 is 23.5 Å². The molecule has 0 unspecified atom stereocenters. The third-order valence-corrected chi connectivity index (χ3v) is 2.46. The van der Waals surface area contributed by atoms with Gasteiger partial charge in [0, 0.05) is 16.5 Å². The molecule has 0 aliphatic rings. The largest absolute Gasteiger partial charge is 0.497 e. The highest BCUT2D eigenvalue weighted by Gasteiger charge is 2.18. The molecule has 0 bridgehead atoms. The molecule has 2 N–H and O–H groups in total. The molecule has 0 fully saturated rings. The molecule has 0 aliphatic carbocycles. The van der Waals surface area contributed by atoms with Gasteiger partial charge in [0.05, 0.1) is 12.6 Å². The molecule has 82 valence electrons. The van der Waals surface area contributed by atoms with Crippen molar-refractivity contribution in [2.24, 2.45) is 0 Å². The highest BCUT2D eigenvalue weighted by molar-refractivity contribution is 6.60. The number of methoxy groups -OCH3 is 1. The summed E-state index contributed by atoms with van der Waals surface area (Å²) in [6, 6.07) is 7.20.